The van der Waals surface area contributed by atoms with Gasteiger partial charge in [0.05, 0.1) is 12.2 Å². The maximum atomic E-state index is 11.0. The van der Waals surface area contributed by atoms with E-state index in [9.17, 15) is 4.79 Å². The number of carboxylic acid groups (broad SMARTS) is 1. The molecule has 1 fully saturated rings. The van der Waals surface area contributed by atoms with Crippen LogP contribution in [0.2, 0.25) is 0 Å². The lowest BCUT2D eigenvalue weighted by Crippen LogP contribution is -2.24. The molecular weight excluding hydrogens is 230 g/mol. The van der Waals surface area contributed by atoms with Crippen molar-refractivity contribution in [2.24, 2.45) is 5.92 Å². The van der Waals surface area contributed by atoms with Gasteiger partial charge in [-0.05, 0) is 43.4 Å². The van der Waals surface area contributed by atoms with E-state index in [-0.39, 0.29) is 0 Å². The zero-order valence-corrected chi connectivity index (χ0v) is 10.6. The zero-order valence-electron chi connectivity index (χ0n) is 10.6. The number of nitrogens with one attached hydrogen (secondary N) is 1. The van der Waals surface area contributed by atoms with Gasteiger partial charge in [0.1, 0.15) is 0 Å². The molecule has 98 valence electrons. The van der Waals surface area contributed by atoms with E-state index in [0.29, 0.717) is 11.5 Å². The molecule has 2 N–H and O–H groups in total. The summed E-state index contributed by atoms with van der Waals surface area (Å²) in [6, 6.07) is 5.33. The van der Waals surface area contributed by atoms with Gasteiger partial charge in [0.15, 0.2) is 0 Å². The summed E-state index contributed by atoms with van der Waals surface area (Å²) in [5.74, 6) is -0.358. The van der Waals surface area contributed by atoms with Gasteiger partial charge in [-0.15, -0.1) is 0 Å². The molecule has 0 aliphatic carbocycles. The third-order valence-corrected chi connectivity index (χ3v) is 3.40. The summed E-state index contributed by atoms with van der Waals surface area (Å²) >= 11 is 0. The summed E-state index contributed by atoms with van der Waals surface area (Å²) in [6.45, 7) is 4.34. The summed E-state index contributed by atoms with van der Waals surface area (Å²) in [7, 11) is 0. The second-order valence-electron chi connectivity index (χ2n) is 4.75. The average Bonchev–Trinajstić information content (AvgIpc) is 2.38. The molecule has 18 heavy (non-hydrogen) atoms. The van der Waals surface area contributed by atoms with Crippen LogP contribution < -0.4 is 5.32 Å². The van der Waals surface area contributed by atoms with Crippen LogP contribution in [0.25, 0.3) is 0 Å². The molecule has 1 atom stereocenters. The fourth-order valence-corrected chi connectivity index (χ4v) is 2.28. The molecule has 0 spiro atoms. The molecule has 1 unspecified atom stereocenters. The van der Waals surface area contributed by atoms with Gasteiger partial charge in [-0.1, -0.05) is 6.07 Å². The Morgan fingerprint density at radius 2 is 2.39 bits per heavy atom. The van der Waals surface area contributed by atoms with E-state index in [0.717, 1.165) is 37.4 Å². The van der Waals surface area contributed by atoms with Gasteiger partial charge < -0.3 is 15.2 Å². The van der Waals surface area contributed by atoms with E-state index >= 15 is 0 Å². The second-order valence-corrected chi connectivity index (χ2v) is 4.75. The van der Waals surface area contributed by atoms with E-state index in [1.165, 1.54) is 6.42 Å². The minimum atomic E-state index is -0.878. The molecule has 1 aromatic carbocycles. The lowest BCUT2D eigenvalue weighted by atomic mass is 10.0. The number of hydrogen-bond acceptors (Lipinski definition) is 3. The number of benzene rings is 1. The number of rotatable bonds is 4. The highest BCUT2D eigenvalue weighted by molar-refractivity contribution is 5.91. The highest BCUT2D eigenvalue weighted by atomic mass is 16.5. The Labute approximate surface area is 107 Å². The molecule has 4 nitrogen and oxygen atoms in total. The predicted octanol–water partition coefficient (Wildman–Crippen LogP) is 2.53. The van der Waals surface area contributed by atoms with Gasteiger partial charge in [0.25, 0.3) is 0 Å². The number of hydrogen-bond donors (Lipinski definition) is 2. The Kier molecular flexibility index (Phi) is 4.20. The van der Waals surface area contributed by atoms with Crippen molar-refractivity contribution < 1.29 is 14.6 Å². The largest absolute Gasteiger partial charge is 0.478 e. The number of carboxylic acids is 1. The van der Waals surface area contributed by atoms with Crippen LogP contribution in [0.4, 0.5) is 5.69 Å². The minimum Gasteiger partial charge on any atom is -0.478 e. The Bertz CT molecular complexity index is 425. The van der Waals surface area contributed by atoms with Crippen molar-refractivity contribution in [1.82, 2.24) is 0 Å². The summed E-state index contributed by atoms with van der Waals surface area (Å²) in [6.07, 6.45) is 2.28. The third-order valence-electron chi connectivity index (χ3n) is 3.40. The Hall–Kier alpha value is -1.55. The van der Waals surface area contributed by atoms with Gasteiger partial charge >= 0.3 is 5.97 Å². The molecular formula is C14H19NO3. The lowest BCUT2D eigenvalue weighted by molar-refractivity contribution is 0.0595. The van der Waals surface area contributed by atoms with Crippen molar-refractivity contribution in [3.8, 4) is 0 Å². The molecule has 0 bridgehead atoms. The van der Waals surface area contributed by atoms with Crippen molar-refractivity contribution in [1.29, 1.82) is 0 Å². The molecule has 1 aromatic rings. The summed E-state index contributed by atoms with van der Waals surface area (Å²) in [4.78, 5) is 11.0. The van der Waals surface area contributed by atoms with Gasteiger partial charge in [-0.2, -0.15) is 0 Å². The van der Waals surface area contributed by atoms with E-state index < -0.39 is 5.97 Å². The Morgan fingerprint density at radius 3 is 3.06 bits per heavy atom. The zero-order chi connectivity index (χ0) is 13.0. The first kappa shape index (κ1) is 12.9. The summed E-state index contributed by atoms with van der Waals surface area (Å²) in [5, 5.41) is 12.4. The molecule has 1 aliphatic rings. The van der Waals surface area contributed by atoms with Gasteiger partial charge in [0, 0.05) is 18.8 Å². The fraction of sp³-hybridized carbons (Fsp3) is 0.500. The molecule has 0 saturated carbocycles. The molecule has 0 aromatic heterocycles. The first-order valence-electron chi connectivity index (χ1n) is 6.33. The second kappa shape index (κ2) is 5.87. The molecule has 1 aliphatic heterocycles. The third kappa shape index (κ3) is 3.01. The monoisotopic (exact) mass is 249 g/mol. The van der Waals surface area contributed by atoms with Crippen LogP contribution >= 0.6 is 0 Å². The van der Waals surface area contributed by atoms with E-state index in [1.807, 2.05) is 13.0 Å². The molecule has 4 heteroatoms. The lowest BCUT2D eigenvalue weighted by Gasteiger charge is -2.23. The van der Waals surface area contributed by atoms with Crippen LogP contribution in [0.5, 0.6) is 0 Å². The number of aromatic carboxylic acids is 1. The van der Waals surface area contributed by atoms with Crippen LogP contribution in [0.3, 0.4) is 0 Å². The number of anilines is 1. The Balaban J connectivity index is 2.00. The quantitative estimate of drug-likeness (QED) is 0.861. The van der Waals surface area contributed by atoms with Crippen LogP contribution in [0, 0.1) is 12.8 Å². The molecule has 0 radical (unpaired) electrons. The summed E-state index contributed by atoms with van der Waals surface area (Å²) in [5.41, 5.74) is 2.06. The first-order chi connectivity index (χ1) is 8.68. The van der Waals surface area contributed by atoms with Crippen molar-refractivity contribution in [2.75, 3.05) is 25.1 Å². The number of carbonyl (C=O) groups is 1. The van der Waals surface area contributed by atoms with Crippen molar-refractivity contribution in [3.05, 3.63) is 29.3 Å². The normalized spacial score (nSPS) is 19.5. The van der Waals surface area contributed by atoms with Crippen LogP contribution in [-0.2, 0) is 4.74 Å². The molecule has 0 amide bonds. The SMILES string of the molecule is Cc1c(NCC2CCCOC2)cccc1C(=O)O. The molecule has 2 rings (SSSR count). The van der Waals surface area contributed by atoms with Crippen molar-refractivity contribution in [3.63, 3.8) is 0 Å². The average molecular weight is 249 g/mol. The van der Waals surface area contributed by atoms with Crippen molar-refractivity contribution >= 4 is 11.7 Å². The Morgan fingerprint density at radius 1 is 1.56 bits per heavy atom. The van der Waals surface area contributed by atoms with E-state index in [2.05, 4.69) is 5.32 Å². The minimum absolute atomic E-state index is 0.361. The highest BCUT2D eigenvalue weighted by Gasteiger charge is 2.15. The number of ether oxygens (including phenoxy) is 1. The first-order valence-corrected chi connectivity index (χ1v) is 6.33. The summed E-state index contributed by atoms with van der Waals surface area (Å²) < 4.78 is 5.43. The standard InChI is InChI=1S/C14H19NO3/c1-10-12(14(16)17)5-2-6-13(10)15-8-11-4-3-7-18-9-11/h2,5-6,11,15H,3-4,7-9H2,1H3,(H,16,17). The highest BCUT2D eigenvalue weighted by Crippen LogP contribution is 2.21. The smallest absolute Gasteiger partial charge is 0.336 e. The van der Waals surface area contributed by atoms with Crippen LogP contribution in [-0.4, -0.2) is 30.8 Å². The predicted molar refractivity (Wildman–Crippen MR) is 70.2 cm³/mol. The van der Waals surface area contributed by atoms with Crippen LogP contribution in [0.1, 0.15) is 28.8 Å². The topological polar surface area (TPSA) is 58.6 Å². The maximum absolute atomic E-state index is 11.0. The van der Waals surface area contributed by atoms with Gasteiger partial charge in [-0.3, -0.25) is 0 Å². The van der Waals surface area contributed by atoms with E-state index in [4.69, 9.17) is 9.84 Å². The van der Waals surface area contributed by atoms with Crippen molar-refractivity contribution in [2.45, 2.75) is 19.8 Å². The fourth-order valence-electron chi connectivity index (χ4n) is 2.28. The molecule has 1 saturated heterocycles. The van der Waals surface area contributed by atoms with E-state index in [1.54, 1.807) is 12.1 Å². The maximum Gasteiger partial charge on any atom is 0.336 e. The van der Waals surface area contributed by atoms with Gasteiger partial charge in [0.2, 0.25) is 0 Å². The van der Waals surface area contributed by atoms with Gasteiger partial charge in [-0.25, -0.2) is 4.79 Å². The van der Waals surface area contributed by atoms with Crippen LogP contribution in [0.15, 0.2) is 18.2 Å². The molecule has 1 heterocycles.